The third-order valence-electron chi connectivity index (χ3n) is 5.63. The van der Waals surface area contributed by atoms with Gasteiger partial charge in [-0.1, -0.05) is 38.0 Å². The number of nitrogens with two attached hydrogens (primary N) is 1. The average molecular weight is 423 g/mol. The number of hydrogen-bond acceptors (Lipinski definition) is 1. The number of nitrogens with zero attached hydrogens (tertiary/aromatic N) is 1. The van der Waals surface area contributed by atoms with E-state index in [9.17, 15) is 18.0 Å². The van der Waals surface area contributed by atoms with Crippen LogP contribution < -0.4 is 5.73 Å². The zero-order chi connectivity index (χ0) is 22.1. The van der Waals surface area contributed by atoms with Gasteiger partial charge in [0.25, 0.3) is 0 Å². The van der Waals surface area contributed by atoms with Gasteiger partial charge in [-0.2, -0.15) is 0 Å². The van der Waals surface area contributed by atoms with E-state index in [1.165, 1.54) is 6.07 Å². The molecule has 0 spiro atoms. The fourth-order valence-electron chi connectivity index (χ4n) is 4.06. The average Bonchev–Trinajstić information content (AvgIpc) is 3.07. The maximum atomic E-state index is 14.4. The SMILES string of the molecule is CCCCCc1c[c]c2c3c(C(N)=O)cccc3n(Cc3ccc(F)c(F)c3F)c2c1. The van der Waals surface area contributed by atoms with Gasteiger partial charge in [0, 0.05) is 21.9 Å². The number of benzene rings is 3. The van der Waals surface area contributed by atoms with Gasteiger partial charge in [0.05, 0.1) is 17.6 Å². The van der Waals surface area contributed by atoms with Crippen molar-refractivity contribution < 1.29 is 18.0 Å². The van der Waals surface area contributed by atoms with Crippen molar-refractivity contribution >= 4 is 27.7 Å². The predicted molar refractivity (Wildman–Crippen MR) is 115 cm³/mol. The highest BCUT2D eigenvalue weighted by atomic mass is 19.2. The second kappa shape index (κ2) is 8.46. The third-order valence-corrected chi connectivity index (χ3v) is 5.63. The lowest BCUT2D eigenvalue weighted by Gasteiger charge is -2.10. The summed E-state index contributed by atoms with van der Waals surface area (Å²) in [5.74, 6) is -4.53. The van der Waals surface area contributed by atoms with Crippen molar-refractivity contribution in [1.29, 1.82) is 0 Å². The van der Waals surface area contributed by atoms with Gasteiger partial charge in [-0.15, -0.1) is 0 Å². The van der Waals surface area contributed by atoms with Gasteiger partial charge in [0.1, 0.15) is 0 Å². The second-order valence-corrected chi connectivity index (χ2v) is 7.71. The fourth-order valence-corrected chi connectivity index (χ4v) is 4.06. The molecule has 0 unspecified atom stereocenters. The Morgan fingerprint density at radius 1 is 1.06 bits per heavy atom. The van der Waals surface area contributed by atoms with E-state index in [-0.39, 0.29) is 12.1 Å². The molecular weight excluding hydrogens is 401 g/mol. The summed E-state index contributed by atoms with van der Waals surface area (Å²) in [4.78, 5) is 12.1. The van der Waals surface area contributed by atoms with Crippen LogP contribution in [-0.2, 0) is 13.0 Å². The molecule has 0 saturated carbocycles. The molecule has 1 heterocycles. The number of unbranched alkanes of at least 4 members (excludes halogenated alkanes) is 2. The Kier molecular flexibility index (Phi) is 5.72. The van der Waals surface area contributed by atoms with Crippen LogP contribution in [0.2, 0.25) is 0 Å². The van der Waals surface area contributed by atoms with E-state index >= 15 is 0 Å². The summed E-state index contributed by atoms with van der Waals surface area (Å²) in [6, 6.07) is 14.4. The first kappa shape index (κ1) is 21.0. The highest BCUT2D eigenvalue weighted by molar-refractivity contribution is 6.17. The summed E-state index contributed by atoms with van der Waals surface area (Å²) < 4.78 is 43.5. The first-order valence-corrected chi connectivity index (χ1v) is 10.3. The van der Waals surface area contributed by atoms with Gasteiger partial charge in [-0.05, 0) is 48.7 Å². The molecule has 0 atom stereocenters. The lowest BCUT2D eigenvalue weighted by Crippen LogP contribution is -2.11. The molecule has 1 amide bonds. The molecule has 3 nitrogen and oxygen atoms in total. The Bertz CT molecular complexity index is 1290. The second-order valence-electron chi connectivity index (χ2n) is 7.71. The quantitative estimate of drug-likeness (QED) is 0.292. The Morgan fingerprint density at radius 2 is 1.87 bits per heavy atom. The molecule has 6 heteroatoms. The number of carbonyl (C=O) groups is 1. The van der Waals surface area contributed by atoms with Crippen LogP contribution in [0.1, 0.15) is 47.7 Å². The topological polar surface area (TPSA) is 48.0 Å². The van der Waals surface area contributed by atoms with E-state index < -0.39 is 23.4 Å². The number of aryl methyl sites for hydroxylation is 1. The molecule has 0 fully saturated rings. The van der Waals surface area contributed by atoms with E-state index in [0.717, 1.165) is 42.8 Å². The molecule has 31 heavy (non-hydrogen) atoms. The molecule has 1 radical (unpaired) electrons. The number of primary amides is 1. The molecule has 4 rings (SSSR count). The molecule has 0 aliphatic heterocycles. The van der Waals surface area contributed by atoms with Crippen molar-refractivity contribution in [3.05, 3.63) is 82.7 Å². The third kappa shape index (κ3) is 3.78. The molecular formula is C25H22F3N2O. The molecule has 0 aliphatic carbocycles. The van der Waals surface area contributed by atoms with Crippen LogP contribution >= 0.6 is 0 Å². The first-order valence-electron chi connectivity index (χ1n) is 10.3. The minimum absolute atomic E-state index is 0.0126. The molecule has 0 saturated heterocycles. The van der Waals surface area contributed by atoms with Crippen LogP contribution in [0.25, 0.3) is 21.8 Å². The smallest absolute Gasteiger partial charge is 0.249 e. The van der Waals surface area contributed by atoms with Crippen LogP contribution in [0.5, 0.6) is 0 Å². The first-order chi connectivity index (χ1) is 14.9. The molecule has 0 bridgehead atoms. The van der Waals surface area contributed by atoms with Gasteiger partial charge in [0.15, 0.2) is 17.5 Å². The van der Waals surface area contributed by atoms with Crippen LogP contribution in [0.3, 0.4) is 0 Å². The molecule has 3 aromatic carbocycles. The largest absolute Gasteiger partial charge is 0.366 e. The van der Waals surface area contributed by atoms with Gasteiger partial charge < -0.3 is 10.3 Å². The Morgan fingerprint density at radius 3 is 2.61 bits per heavy atom. The fraction of sp³-hybridized carbons (Fsp3) is 0.240. The Hall–Kier alpha value is -3.28. The highest BCUT2D eigenvalue weighted by Crippen LogP contribution is 2.33. The Labute approximate surface area is 178 Å². The van der Waals surface area contributed by atoms with Crippen LogP contribution in [0.15, 0.2) is 42.5 Å². The van der Waals surface area contributed by atoms with Crippen molar-refractivity contribution in [2.24, 2.45) is 5.73 Å². The van der Waals surface area contributed by atoms with E-state index in [1.807, 2.05) is 12.1 Å². The minimum Gasteiger partial charge on any atom is -0.366 e. The van der Waals surface area contributed by atoms with Crippen molar-refractivity contribution in [1.82, 2.24) is 4.57 Å². The van der Waals surface area contributed by atoms with Gasteiger partial charge >= 0.3 is 0 Å². The summed E-state index contributed by atoms with van der Waals surface area (Å²) in [7, 11) is 0. The van der Waals surface area contributed by atoms with Crippen LogP contribution in [0.4, 0.5) is 13.2 Å². The molecule has 159 valence electrons. The Balaban J connectivity index is 1.94. The van der Waals surface area contributed by atoms with Crippen LogP contribution in [-0.4, -0.2) is 10.5 Å². The maximum absolute atomic E-state index is 14.4. The normalized spacial score (nSPS) is 11.5. The van der Waals surface area contributed by atoms with Crippen molar-refractivity contribution in [3.8, 4) is 0 Å². The predicted octanol–water partition coefficient (Wildman–Crippen LogP) is 5.89. The lowest BCUT2D eigenvalue weighted by molar-refractivity contribution is 0.100. The molecule has 0 aliphatic rings. The van der Waals surface area contributed by atoms with E-state index in [1.54, 1.807) is 22.8 Å². The van der Waals surface area contributed by atoms with Crippen molar-refractivity contribution in [2.75, 3.05) is 0 Å². The summed E-state index contributed by atoms with van der Waals surface area (Å²) in [5, 5.41) is 1.31. The van der Waals surface area contributed by atoms with Gasteiger partial charge in [-0.25, -0.2) is 13.2 Å². The zero-order valence-corrected chi connectivity index (χ0v) is 17.1. The summed E-state index contributed by atoms with van der Waals surface area (Å²) in [5.41, 5.74) is 8.39. The molecule has 1 aromatic heterocycles. The summed E-state index contributed by atoms with van der Waals surface area (Å²) in [6.07, 6.45) is 4.10. The maximum Gasteiger partial charge on any atom is 0.249 e. The number of fused-ring (bicyclic) bond motifs is 3. The van der Waals surface area contributed by atoms with E-state index in [2.05, 4.69) is 13.0 Å². The number of rotatable bonds is 7. The van der Waals surface area contributed by atoms with E-state index in [4.69, 9.17) is 5.73 Å². The lowest BCUT2D eigenvalue weighted by atomic mass is 10.0. The number of hydrogen-bond donors (Lipinski definition) is 1. The summed E-state index contributed by atoms with van der Waals surface area (Å²) in [6.45, 7) is 2.10. The number of amides is 1. The summed E-state index contributed by atoms with van der Waals surface area (Å²) >= 11 is 0. The van der Waals surface area contributed by atoms with Gasteiger partial charge in [0.2, 0.25) is 5.91 Å². The minimum atomic E-state index is -1.50. The molecule has 2 N–H and O–H groups in total. The number of aromatic nitrogens is 1. The van der Waals surface area contributed by atoms with Gasteiger partial charge in [-0.3, -0.25) is 4.79 Å². The standard InChI is InChI=1S/C25H22F3N2O/c1-2-3-4-6-15-9-11-17-21(13-15)30(14-16-10-12-19(26)24(28)23(16)27)20-8-5-7-18(22(17)20)25(29)31/h5,7-10,12-13H,2-4,6,14H2,1H3,(H2,29,31). The van der Waals surface area contributed by atoms with Crippen molar-refractivity contribution in [2.45, 2.75) is 39.2 Å². The highest BCUT2D eigenvalue weighted by Gasteiger charge is 2.19. The monoisotopic (exact) mass is 423 g/mol. The van der Waals surface area contributed by atoms with E-state index in [0.29, 0.717) is 21.9 Å². The zero-order valence-electron chi connectivity index (χ0n) is 17.1. The number of halogens is 3. The molecule has 4 aromatic rings. The van der Waals surface area contributed by atoms with Crippen molar-refractivity contribution in [3.63, 3.8) is 0 Å². The number of carbonyl (C=O) groups excluding carboxylic acids is 1. The van der Waals surface area contributed by atoms with Crippen LogP contribution in [0, 0.1) is 23.5 Å².